The zero-order chi connectivity index (χ0) is 20.9. The number of hydrogen-bond donors (Lipinski definition) is 2. The zero-order valence-corrected chi connectivity index (χ0v) is 15.9. The van der Waals surface area contributed by atoms with Gasteiger partial charge in [-0.05, 0) is 37.5 Å². The van der Waals surface area contributed by atoms with E-state index in [2.05, 4.69) is 19.7 Å². The molecule has 0 aliphatic rings. The highest BCUT2D eigenvalue weighted by Gasteiger charge is 2.24. The lowest BCUT2D eigenvalue weighted by Gasteiger charge is -2.27. The van der Waals surface area contributed by atoms with Crippen molar-refractivity contribution in [2.45, 2.75) is 39.2 Å². The van der Waals surface area contributed by atoms with Crippen LogP contribution in [0.15, 0.2) is 24.4 Å². The smallest absolute Gasteiger partial charge is 0.412 e. The molecule has 0 radical (unpaired) electrons. The van der Waals surface area contributed by atoms with E-state index in [1.54, 1.807) is 6.92 Å². The maximum absolute atomic E-state index is 13.5. The summed E-state index contributed by atoms with van der Waals surface area (Å²) in [4.78, 5) is 22.4. The predicted octanol–water partition coefficient (Wildman–Crippen LogP) is 3.08. The summed E-state index contributed by atoms with van der Waals surface area (Å²) in [7, 11) is 0. The number of primary amides is 1. The van der Waals surface area contributed by atoms with Gasteiger partial charge >= 0.3 is 12.1 Å². The molecule has 1 amide bonds. The van der Waals surface area contributed by atoms with Crippen LogP contribution in [0.4, 0.5) is 13.6 Å². The number of rotatable bonds is 8. The number of nitrogens with two attached hydrogens (primary N) is 2. The summed E-state index contributed by atoms with van der Waals surface area (Å²) in [5.74, 6) is 0.282. The Kier molecular flexibility index (Phi) is 6.79. The van der Waals surface area contributed by atoms with Crippen LogP contribution >= 0.6 is 0 Å². The molecule has 0 bridgehead atoms. The molecule has 4 N–H and O–H groups in total. The predicted molar refractivity (Wildman–Crippen MR) is 98.0 cm³/mol. The molecule has 0 fully saturated rings. The number of nitrogens with zero attached hydrogens (tertiary/aromatic N) is 3. The first-order valence-electron chi connectivity index (χ1n) is 8.59. The maximum atomic E-state index is 13.5. The van der Waals surface area contributed by atoms with E-state index in [1.165, 1.54) is 24.4 Å². The van der Waals surface area contributed by atoms with Gasteiger partial charge in [-0.2, -0.15) is 4.98 Å². The average molecular weight is 395 g/mol. The molecule has 2 heterocycles. The fraction of sp³-hybridized carbons (Fsp3) is 0.444. The van der Waals surface area contributed by atoms with Crippen LogP contribution in [0.1, 0.15) is 39.3 Å². The van der Waals surface area contributed by atoms with E-state index in [4.69, 9.17) is 16.2 Å². The van der Waals surface area contributed by atoms with Crippen LogP contribution in [0.5, 0.6) is 11.8 Å². The van der Waals surface area contributed by atoms with Gasteiger partial charge in [0.2, 0.25) is 0 Å². The number of alkyl halides is 2. The first-order chi connectivity index (χ1) is 13.1. The zero-order valence-electron chi connectivity index (χ0n) is 15.9. The fourth-order valence-corrected chi connectivity index (χ4v) is 2.74. The van der Waals surface area contributed by atoms with Gasteiger partial charge in [0, 0.05) is 11.7 Å². The summed E-state index contributed by atoms with van der Waals surface area (Å²) in [5.41, 5.74) is 10.2. The Morgan fingerprint density at radius 3 is 2.50 bits per heavy atom. The van der Waals surface area contributed by atoms with Crippen molar-refractivity contribution >= 4 is 6.09 Å². The summed E-state index contributed by atoms with van der Waals surface area (Å²) in [6.07, 6.45) is -1.99. The SMILES string of the molecule is CC(C)CC(C)(N)COc1ccc(-c2ccnc(OC(N)=O)n2)nc1C(F)F. The van der Waals surface area contributed by atoms with E-state index in [1.807, 2.05) is 13.8 Å². The maximum Gasteiger partial charge on any atom is 0.412 e. The summed E-state index contributed by atoms with van der Waals surface area (Å²) >= 11 is 0. The Morgan fingerprint density at radius 1 is 1.21 bits per heavy atom. The molecular formula is C18H23F2N5O3. The standard InChI is InChI=1S/C18H23F2N5O3/c1-10(2)8-18(3,22)9-27-13-5-4-11(24-14(13)15(19)20)12-6-7-23-17(25-12)28-16(21)26/h4-7,10,15H,8-9,22H2,1-3H3,(H2,21,26). The minimum absolute atomic E-state index is 0.0538. The second-order valence-corrected chi connectivity index (χ2v) is 7.07. The lowest BCUT2D eigenvalue weighted by Crippen LogP contribution is -2.43. The summed E-state index contributed by atoms with van der Waals surface area (Å²) in [5, 5.41) is 0. The first-order valence-corrected chi connectivity index (χ1v) is 8.59. The molecule has 10 heteroatoms. The first kappa shape index (κ1) is 21.4. The molecule has 2 rings (SSSR count). The molecule has 1 unspecified atom stereocenters. The highest BCUT2D eigenvalue weighted by Crippen LogP contribution is 2.31. The van der Waals surface area contributed by atoms with Crippen LogP contribution in [-0.2, 0) is 0 Å². The topological polar surface area (TPSA) is 126 Å². The number of ether oxygens (including phenoxy) is 2. The second-order valence-electron chi connectivity index (χ2n) is 7.07. The molecule has 0 aliphatic heterocycles. The highest BCUT2D eigenvalue weighted by molar-refractivity contribution is 5.67. The fourth-order valence-electron chi connectivity index (χ4n) is 2.74. The van der Waals surface area contributed by atoms with Crippen molar-refractivity contribution in [1.29, 1.82) is 0 Å². The van der Waals surface area contributed by atoms with Crippen LogP contribution in [0.3, 0.4) is 0 Å². The van der Waals surface area contributed by atoms with Gasteiger partial charge in [0.05, 0.1) is 11.4 Å². The molecule has 152 valence electrons. The molecule has 0 saturated carbocycles. The molecule has 2 aromatic heterocycles. The van der Waals surface area contributed by atoms with E-state index in [9.17, 15) is 13.6 Å². The van der Waals surface area contributed by atoms with Crippen LogP contribution in [-0.4, -0.2) is 33.2 Å². The third-order valence-electron chi connectivity index (χ3n) is 3.61. The highest BCUT2D eigenvalue weighted by atomic mass is 19.3. The molecule has 28 heavy (non-hydrogen) atoms. The van der Waals surface area contributed by atoms with Crippen LogP contribution in [0, 0.1) is 5.92 Å². The molecule has 0 saturated heterocycles. The van der Waals surface area contributed by atoms with Gasteiger partial charge < -0.3 is 20.9 Å². The van der Waals surface area contributed by atoms with Gasteiger partial charge in [0.1, 0.15) is 18.1 Å². The normalized spacial score (nSPS) is 13.4. The molecule has 2 aromatic rings. The minimum Gasteiger partial charge on any atom is -0.490 e. The molecular weight excluding hydrogens is 372 g/mol. The van der Waals surface area contributed by atoms with Crippen LogP contribution in [0.2, 0.25) is 0 Å². The van der Waals surface area contributed by atoms with Crippen molar-refractivity contribution in [2.24, 2.45) is 17.4 Å². The molecule has 0 spiro atoms. The van der Waals surface area contributed by atoms with Crippen LogP contribution in [0.25, 0.3) is 11.4 Å². The number of amides is 1. The van der Waals surface area contributed by atoms with Gasteiger partial charge in [-0.3, -0.25) is 0 Å². The number of pyridine rings is 1. The quantitative estimate of drug-likeness (QED) is 0.703. The van der Waals surface area contributed by atoms with Gasteiger partial charge in [0.25, 0.3) is 6.43 Å². The Balaban J connectivity index is 2.27. The number of carbonyl (C=O) groups excluding carboxylic acids is 1. The lowest BCUT2D eigenvalue weighted by molar-refractivity contribution is 0.134. The summed E-state index contributed by atoms with van der Waals surface area (Å²) < 4.78 is 37.2. The Bertz CT molecular complexity index is 831. The van der Waals surface area contributed by atoms with E-state index in [0.717, 1.165) is 0 Å². The van der Waals surface area contributed by atoms with Gasteiger partial charge in [0.15, 0.2) is 0 Å². The van der Waals surface area contributed by atoms with Gasteiger partial charge in [-0.25, -0.2) is 23.5 Å². The van der Waals surface area contributed by atoms with E-state index >= 15 is 0 Å². The second kappa shape index (κ2) is 8.87. The van der Waals surface area contributed by atoms with E-state index < -0.39 is 23.8 Å². The Hall–Kier alpha value is -2.88. The number of halogens is 2. The van der Waals surface area contributed by atoms with E-state index in [-0.39, 0.29) is 29.8 Å². The molecule has 0 aromatic carbocycles. The molecule has 0 aliphatic carbocycles. The number of hydrogen-bond acceptors (Lipinski definition) is 7. The molecule has 1 atom stereocenters. The average Bonchev–Trinajstić information content (AvgIpc) is 2.58. The minimum atomic E-state index is -2.87. The summed E-state index contributed by atoms with van der Waals surface area (Å²) in [6.45, 7) is 5.90. The monoisotopic (exact) mass is 395 g/mol. The Morgan fingerprint density at radius 2 is 1.89 bits per heavy atom. The van der Waals surface area contributed by atoms with Crippen molar-refractivity contribution < 1.29 is 23.0 Å². The number of aromatic nitrogens is 3. The van der Waals surface area contributed by atoms with Crippen LogP contribution < -0.4 is 20.9 Å². The van der Waals surface area contributed by atoms with E-state index in [0.29, 0.717) is 12.3 Å². The van der Waals surface area contributed by atoms with Crippen molar-refractivity contribution in [2.75, 3.05) is 6.61 Å². The van der Waals surface area contributed by atoms with Crippen molar-refractivity contribution in [3.8, 4) is 23.1 Å². The van der Waals surface area contributed by atoms with Gasteiger partial charge in [-0.15, -0.1) is 0 Å². The lowest BCUT2D eigenvalue weighted by atomic mass is 9.93. The largest absolute Gasteiger partial charge is 0.490 e. The van der Waals surface area contributed by atoms with Crippen molar-refractivity contribution in [3.63, 3.8) is 0 Å². The number of carbonyl (C=O) groups is 1. The van der Waals surface area contributed by atoms with Gasteiger partial charge in [-0.1, -0.05) is 13.8 Å². The Labute approximate surface area is 161 Å². The summed E-state index contributed by atoms with van der Waals surface area (Å²) in [6, 6.07) is 3.98. The third-order valence-corrected chi connectivity index (χ3v) is 3.61. The third kappa shape index (κ3) is 6.08. The molecule has 8 nitrogen and oxygen atoms in total. The van der Waals surface area contributed by atoms with Crippen molar-refractivity contribution in [1.82, 2.24) is 15.0 Å². The van der Waals surface area contributed by atoms with Crippen molar-refractivity contribution in [3.05, 3.63) is 30.1 Å².